The number of carbonyl (C=O) groups excluding carboxylic acids is 1. The van der Waals surface area contributed by atoms with Crippen LogP contribution < -0.4 is 0 Å². The molecule has 1 aromatic carbocycles. The molecule has 1 aromatic rings. The van der Waals surface area contributed by atoms with E-state index in [0.29, 0.717) is 0 Å². The van der Waals surface area contributed by atoms with Crippen LogP contribution in [0, 0.1) is 0 Å². The summed E-state index contributed by atoms with van der Waals surface area (Å²) in [5.74, 6) is -0.326. The molecule has 0 radical (unpaired) electrons. The van der Waals surface area contributed by atoms with Crippen LogP contribution in [0.25, 0.3) is 12.2 Å². The van der Waals surface area contributed by atoms with E-state index in [1.807, 2.05) is 24.3 Å². The smallest absolute Gasteiger partial charge is 0.330 e. The van der Waals surface area contributed by atoms with Crippen LogP contribution in [0.4, 0.5) is 0 Å². The third kappa shape index (κ3) is 9.34. The molecule has 0 saturated carbocycles. The Morgan fingerprint density at radius 1 is 0.917 bits per heavy atom. The number of allylic oxidation sites excluding steroid dienone is 1. The molecule has 0 atom stereocenters. The lowest BCUT2D eigenvalue weighted by atomic mass is 10.0. The van der Waals surface area contributed by atoms with Gasteiger partial charge in [-0.05, 0) is 30.0 Å². The topological polar surface area (TPSA) is 26.3 Å². The van der Waals surface area contributed by atoms with Crippen molar-refractivity contribution in [1.29, 1.82) is 0 Å². The number of esters is 1. The highest BCUT2D eigenvalue weighted by molar-refractivity contribution is 5.87. The fraction of sp³-hybridized carbons (Fsp3) is 0.500. The molecular weight excluding hydrogens is 296 g/mol. The maximum atomic E-state index is 11.2. The van der Waals surface area contributed by atoms with Gasteiger partial charge in [-0.25, -0.2) is 4.79 Å². The van der Waals surface area contributed by atoms with E-state index in [1.54, 1.807) is 0 Å². The Bertz CT molecular complexity index is 514. The number of benzene rings is 1. The highest BCUT2D eigenvalue weighted by Crippen LogP contribution is 2.14. The third-order valence-electron chi connectivity index (χ3n) is 4.12. The normalized spacial score (nSPS) is 11.4. The second kappa shape index (κ2) is 13.6. The Morgan fingerprint density at radius 2 is 1.50 bits per heavy atom. The number of ether oxygens (including phenoxy) is 1. The van der Waals surface area contributed by atoms with Crippen molar-refractivity contribution < 1.29 is 9.53 Å². The van der Waals surface area contributed by atoms with Crippen LogP contribution in [0.15, 0.2) is 36.4 Å². The molecule has 0 amide bonds. The maximum absolute atomic E-state index is 11.2. The summed E-state index contributed by atoms with van der Waals surface area (Å²) in [6.07, 6.45) is 19.6. The summed E-state index contributed by atoms with van der Waals surface area (Å²) in [5.41, 5.74) is 2.17. The molecule has 0 aliphatic carbocycles. The van der Waals surface area contributed by atoms with E-state index in [-0.39, 0.29) is 5.97 Å². The molecule has 0 aliphatic heterocycles. The Hall–Kier alpha value is -1.83. The summed E-state index contributed by atoms with van der Waals surface area (Å²) in [6.45, 7) is 2.26. The highest BCUT2D eigenvalue weighted by atomic mass is 16.5. The standard InChI is InChI=1S/C22H32O2/c1-3-4-5-6-7-8-9-10-11-12-15-20-16-13-14-17-21(20)18-19-22(23)24-2/h12-19H,3-11H2,1-2H3/b15-12+,19-18+. The van der Waals surface area contributed by atoms with E-state index in [0.717, 1.165) is 17.5 Å². The number of methoxy groups -OCH3 is 1. The van der Waals surface area contributed by atoms with Gasteiger partial charge in [0.05, 0.1) is 7.11 Å². The van der Waals surface area contributed by atoms with E-state index in [2.05, 4.69) is 29.9 Å². The van der Waals surface area contributed by atoms with Gasteiger partial charge < -0.3 is 4.74 Å². The lowest BCUT2D eigenvalue weighted by Gasteiger charge is -2.01. The zero-order valence-corrected chi connectivity index (χ0v) is 15.3. The first-order valence-electron chi connectivity index (χ1n) is 9.29. The van der Waals surface area contributed by atoms with Gasteiger partial charge >= 0.3 is 5.97 Å². The molecule has 0 unspecified atom stereocenters. The Kier molecular flexibility index (Phi) is 11.5. The van der Waals surface area contributed by atoms with Crippen molar-refractivity contribution in [1.82, 2.24) is 0 Å². The Labute approximate surface area is 147 Å². The Morgan fingerprint density at radius 3 is 2.12 bits per heavy atom. The van der Waals surface area contributed by atoms with E-state index in [4.69, 9.17) is 0 Å². The number of hydrogen-bond donors (Lipinski definition) is 0. The lowest BCUT2D eigenvalue weighted by molar-refractivity contribution is -0.134. The van der Waals surface area contributed by atoms with Crippen molar-refractivity contribution >= 4 is 18.1 Å². The minimum Gasteiger partial charge on any atom is -0.466 e. The van der Waals surface area contributed by atoms with Crippen molar-refractivity contribution in [3.63, 3.8) is 0 Å². The zero-order valence-electron chi connectivity index (χ0n) is 15.3. The first-order chi connectivity index (χ1) is 11.8. The quantitative estimate of drug-likeness (QED) is 0.251. The molecule has 0 fully saturated rings. The lowest BCUT2D eigenvalue weighted by Crippen LogP contribution is -1.93. The summed E-state index contributed by atoms with van der Waals surface area (Å²) in [6, 6.07) is 8.08. The second-order valence-corrected chi connectivity index (χ2v) is 6.15. The zero-order chi connectivity index (χ0) is 17.5. The summed E-state index contributed by atoms with van der Waals surface area (Å²) >= 11 is 0. The van der Waals surface area contributed by atoms with Gasteiger partial charge in [-0.2, -0.15) is 0 Å². The van der Waals surface area contributed by atoms with Gasteiger partial charge in [-0.1, -0.05) is 88.3 Å². The first kappa shape index (κ1) is 20.2. The van der Waals surface area contributed by atoms with Crippen LogP contribution in [-0.2, 0) is 9.53 Å². The third-order valence-corrected chi connectivity index (χ3v) is 4.12. The molecule has 2 heteroatoms. The van der Waals surface area contributed by atoms with Crippen LogP contribution in [-0.4, -0.2) is 13.1 Å². The van der Waals surface area contributed by atoms with E-state index in [1.165, 1.54) is 64.6 Å². The van der Waals surface area contributed by atoms with E-state index < -0.39 is 0 Å². The predicted octanol–water partition coefficient (Wildman–Crippen LogP) is 6.42. The van der Waals surface area contributed by atoms with Crippen LogP contribution in [0.1, 0.15) is 75.8 Å². The summed E-state index contributed by atoms with van der Waals surface area (Å²) in [7, 11) is 1.39. The molecule has 0 heterocycles. The van der Waals surface area contributed by atoms with Gasteiger partial charge in [0.15, 0.2) is 0 Å². The Balaban J connectivity index is 2.29. The largest absolute Gasteiger partial charge is 0.466 e. The van der Waals surface area contributed by atoms with Gasteiger partial charge in [-0.3, -0.25) is 0 Å². The van der Waals surface area contributed by atoms with Gasteiger partial charge in [0.25, 0.3) is 0 Å². The molecule has 24 heavy (non-hydrogen) atoms. The molecule has 0 aromatic heterocycles. The number of rotatable bonds is 12. The van der Waals surface area contributed by atoms with Crippen molar-refractivity contribution in [3.05, 3.63) is 47.5 Å². The molecule has 0 N–H and O–H groups in total. The minimum absolute atomic E-state index is 0.326. The summed E-state index contributed by atoms with van der Waals surface area (Å²) < 4.78 is 4.63. The van der Waals surface area contributed by atoms with Gasteiger partial charge in [0, 0.05) is 6.08 Å². The summed E-state index contributed by atoms with van der Waals surface area (Å²) in [4.78, 5) is 11.2. The van der Waals surface area contributed by atoms with Crippen LogP contribution in [0.2, 0.25) is 0 Å². The predicted molar refractivity (Wildman–Crippen MR) is 104 cm³/mol. The fourth-order valence-electron chi connectivity index (χ4n) is 2.65. The maximum Gasteiger partial charge on any atom is 0.330 e. The van der Waals surface area contributed by atoms with Gasteiger partial charge in [-0.15, -0.1) is 0 Å². The minimum atomic E-state index is -0.326. The van der Waals surface area contributed by atoms with Crippen LogP contribution >= 0.6 is 0 Å². The average Bonchev–Trinajstić information content (AvgIpc) is 2.62. The number of unbranched alkanes of at least 4 members (excludes halogenated alkanes) is 8. The highest BCUT2D eigenvalue weighted by Gasteiger charge is 1.97. The van der Waals surface area contributed by atoms with Crippen molar-refractivity contribution in [3.8, 4) is 0 Å². The number of hydrogen-bond acceptors (Lipinski definition) is 2. The summed E-state index contributed by atoms with van der Waals surface area (Å²) in [5, 5.41) is 0. The number of carbonyl (C=O) groups is 1. The van der Waals surface area contributed by atoms with E-state index in [9.17, 15) is 4.79 Å². The molecule has 0 spiro atoms. The molecule has 1 rings (SSSR count). The molecule has 0 aliphatic rings. The molecular formula is C22H32O2. The molecule has 0 saturated heterocycles. The molecule has 2 nitrogen and oxygen atoms in total. The molecule has 132 valence electrons. The van der Waals surface area contributed by atoms with Gasteiger partial charge in [0.2, 0.25) is 0 Å². The van der Waals surface area contributed by atoms with Gasteiger partial charge in [0.1, 0.15) is 0 Å². The fourth-order valence-corrected chi connectivity index (χ4v) is 2.65. The molecule has 0 bridgehead atoms. The van der Waals surface area contributed by atoms with Crippen molar-refractivity contribution in [2.24, 2.45) is 0 Å². The second-order valence-electron chi connectivity index (χ2n) is 6.15. The average molecular weight is 328 g/mol. The van der Waals surface area contributed by atoms with Crippen LogP contribution in [0.3, 0.4) is 0 Å². The SMILES string of the molecule is CCCCCCCCCC/C=C/c1ccccc1/C=C/C(=O)OC. The first-order valence-corrected chi connectivity index (χ1v) is 9.29. The van der Waals surface area contributed by atoms with E-state index >= 15 is 0 Å². The van der Waals surface area contributed by atoms with Crippen LogP contribution in [0.5, 0.6) is 0 Å². The van der Waals surface area contributed by atoms with Crippen molar-refractivity contribution in [2.45, 2.75) is 64.7 Å². The van der Waals surface area contributed by atoms with Crippen molar-refractivity contribution in [2.75, 3.05) is 7.11 Å². The monoisotopic (exact) mass is 328 g/mol.